The van der Waals surface area contributed by atoms with Gasteiger partial charge in [0, 0.05) is 31.2 Å². The van der Waals surface area contributed by atoms with Crippen LogP contribution >= 0.6 is 0 Å². The van der Waals surface area contributed by atoms with E-state index in [4.69, 9.17) is 4.74 Å². The van der Waals surface area contributed by atoms with E-state index in [0.29, 0.717) is 11.8 Å². The molecule has 2 heterocycles. The van der Waals surface area contributed by atoms with Crippen LogP contribution < -0.4 is 4.74 Å². The molecule has 20 heavy (non-hydrogen) atoms. The van der Waals surface area contributed by atoms with E-state index in [0.717, 1.165) is 30.9 Å². The van der Waals surface area contributed by atoms with Gasteiger partial charge in [0.1, 0.15) is 11.5 Å². The second-order valence-electron chi connectivity index (χ2n) is 5.92. The minimum Gasteiger partial charge on any atom is -0.508 e. The molecule has 2 fully saturated rings. The van der Waals surface area contributed by atoms with E-state index in [9.17, 15) is 5.11 Å². The number of hydrogen-bond donors (Lipinski definition) is 1. The molecule has 0 aliphatic carbocycles. The average molecular weight is 276 g/mol. The van der Waals surface area contributed by atoms with E-state index in [1.165, 1.54) is 32.4 Å². The first-order valence-electron chi connectivity index (χ1n) is 7.58. The molecule has 1 aromatic carbocycles. The van der Waals surface area contributed by atoms with Gasteiger partial charge in [0.05, 0.1) is 7.11 Å². The topological polar surface area (TPSA) is 35.9 Å². The lowest BCUT2D eigenvalue weighted by molar-refractivity contribution is 0.229. The number of hydrogen-bond acceptors (Lipinski definition) is 4. The Labute approximate surface area is 120 Å². The number of benzene rings is 1. The molecule has 1 atom stereocenters. The molecule has 2 aliphatic rings. The van der Waals surface area contributed by atoms with Crippen molar-refractivity contribution >= 4 is 0 Å². The molecule has 1 aromatic rings. The van der Waals surface area contributed by atoms with Crippen molar-refractivity contribution in [3.63, 3.8) is 0 Å². The number of ether oxygens (including phenoxy) is 1. The van der Waals surface area contributed by atoms with Gasteiger partial charge < -0.3 is 9.84 Å². The molecule has 0 saturated carbocycles. The predicted octanol–water partition coefficient (Wildman–Crippen LogP) is 2.07. The maximum atomic E-state index is 9.98. The number of rotatable bonds is 4. The lowest BCUT2D eigenvalue weighted by atomic mass is 10.2. The van der Waals surface area contributed by atoms with Crippen LogP contribution in [0.25, 0.3) is 0 Å². The molecule has 0 spiro atoms. The van der Waals surface area contributed by atoms with Gasteiger partial charge in [-0.25, -0.2) is 0 Å². The monoisotopic (exact) mass is 276 g/mol. The van der Waals surface area contributed by atoms with Crippen molar-refractivity contribution in [3.8, 4) is 11.5 Å². The average Bonchev–Trinajstić information content (AvgIpc) is 3.12. The SMILES string of the molecule is COc1ccc(O)c(CN2CCC(N3CCCC3)C2)c1. The van der Waals surface area contributed by atoms with Crippen LogP contribution in [0.5, 0.6) is 11.5 Å². The van der Waals surface area contributed by atoms with E-state index in [1.807, 2.05) is 6.07 Å². The van der Waals surface area contributed by atoms with Gasteiger partial charge in [-0.3, -0.25) is 9.80 Å². The van der Waals surface area contributed by atoms with Crippen molar-refractivity contribution in [3.05, 3.63) is 23.8 Å². The lowest BCUT2D eigenvalue weighted by Gasteiger charge is -2.24. The number of likely N-dealkylation sites (tertiary alicyclic amines) is 2. The van der Waals surface area contributed by atoms with Crippen LogP contribution in [0.4, 0.5) is 0 Å². The highest BCUT2D eigenvalue weighted by molar-refractivity contribution is 5.39. The fraction of sp³-hybridized carbons (Fsp3) is 0.625. The van der Waals surface area contributed by atoms with E-state index in [1.54, 1.807) is 19.2 Å². The molecule has 0 aromatic heterocycles. The zero-order valence-corrected chi connectivity index (χ0v) is 12.2. The summed E-state index contributed by atoms with van der Waals surface area (Å²) in [5.74, 6) is 1.18. The van der Waals surface area contributed by atoms with Gasteiger partial charge in [0.2, 0.25) is 0 Å². The highest BCUT2D eigenvalue weighted by atomic mass is 16.5. The summed E-state index contributed by atoms with van der Waals surface area (Å²) in [4.78, 5) is 5.07. The third kappa shape index (κ3) is 2.91. The largest absolute Gasteiger partial charge is 0.508 e. The summed E-state index contributed by atoms with van der Waals surface area (Å²) in [6, 6.07) is 6.18. The highest BCUT2D eigenvalue weighted by Gasteiger charge is 2.29. The number of nitrogens with zero attached hydrogens (tertiary/aromatic N) is 2. The summed E-state index contributed by atoms with van der Waals surface area (Å²) in [5.41, 5.74) is 0.964. The van der Waals surface area contributed by atoms with Crippen molar-refractivity contribution in [2.45, 2.75) is 31.8 Å². The Balaban J connectivity index is 1.61. The van der Waals surface area contributed by atoms with Gasteiger partial charge in [-0.05, 0) is 50.6 Å². The summed E-state index contributed by atoms with van der Waals surface area (Å²) >= 11 is 0. The first kappa shape index (κ1) is 13.7. The minimum absolute atomic E-state index is 0.371. The fourth-order valence-electron chi connectivity index (χ4n) is 3.42. The van der Waals surface area contributed by atoms with Gasteiger partial charge in [-0.1, -0.05) is 0 Å². The number of phenols is 1. The first-order valence-corrected chi connectivity index (χ1v) is 7.58. The van der Waals surface area contributed by atoms with Crippen molar-refractivity contribution in [2.24, 2.45) is 0 Å². The quantitative estimate of drug-likeness (QED) is 0.913. The Hall–Kier alpha value is -1.26. The maximum Gasteiger partial charge on any atom is 0.120 e. The molecule has 2 aliphatic heterocycles. The number of phenolic OH excluding ortho intramolecular Hbond substituents is 1. The second-order valence-corrected chi connectivity index (χ2v) is 5.92. The van der Waals surface area contributed by atoms with Crippen LogP contribution in [0.2, 0.25) is 0 Å². The molecule has 1 N–H and O–H groups in total. The lowest BCUT2D eigenvalue weighted by Crippen LogP contribution is -2.35. The number of aromatic hydroxyl groups is 1. The zero-order chi connectivity index (χ0) is 13.9. The molecule has 0 bridgehead atoms. The predicted molar refractivity (Wildman–Crippen MR) is 79.1 cm³/mol. The van der Waals surface area contributed by atoms with E-state index in [2.05, 4.69) is 9.80 Å². The molecule has 4 nitrogen and oxygen atoms in total. The summed E-state index contributed by atoms with van der Waals surface area (Å²) in [6.45, 7) is 5.59. The van der Waals surface area contributed by atoms with E-state index >= 15 is 0 Å². The normalized spacial score (nSPS) is 24.4. The Morgan fingerprint density at radius 2 is 2.05 bits per heavy atom. The molecule has 1 unspecified atom stereocenters. The Bertz CT molecular complexity index is 458. The third-order valence-electron chi connectivity index (χ3n) is 4.59. The molecule has 3 rings (SSSR count). The fourth-order valence-corrected chi connectivity index (χ4v) is 3.42. The van der Waals surface area contributed by atoms with Crippen molar-refractivity contribution in [1.82, 2.24) is 9.80 Å². The van der Waals surface area contributed by atoms with Crippen LogP contribution in [0, 0.1) is 0 Å². The minimum atomic E-state index is 0.371. The standard InChI is InChI=1S/C16H24N2O2/c1-20-15-4-5-16(19)13(10-15)11-17-9-6-14(12-17)18-7-2-3-8-18/h4-5,10,14,19H,2-3,6-9,11-12H2,1H3. The van der Waals surface area contributed by atoms with Crippen LogP contribution in [-0.2, 0) is 6.54 Å². The van der Waals surface area contributed by atoms with Crippen molar-refractivity contribution in [2.75, 3.05) is 33.3 Å². The smallest absolute Gasteiger partial charge is 0.120 e. The van der Waals surface area contributed by atoms with Crippen LogP contribution in [0.15, 0.2) is 18.2 Å². The maximum absolute atomic E-state index is 9.98. The highest BCUT2D eigenvalue weighted by Crippen LogP contribution is 2.27. The van der Waals surface area contributed by atoms with Crippen molar-refractivity contribution in [1.29, 1.82) is 0 Å². The van der Waals surface area contributed by atoms with Gasteiger partial charge in [0.25, 0.3) is 0 Å². The summed E-state index contributed by atoms with van der Waals surface area (Å²) in [7, 11) is 1.66. The van der Waals surface area contributed by atoms with Gasteiger partial charge in [-0.2, -0.15) is 0 Å². The van der Waals surface area contributed by atoms with Gasteiger partial charge >= 0.3 is 0 Å². The summed E-state index contributed by atoms with van der Waals surface area (Å²) in [5, 5.41) is 9.98. The van der Waals surface area contributed by atoms with Crippen molar-refractivity contribution < 1.29 is 9.84 Å². The molecule has 2 saturated heterocycles. The Kier molecular flexibility index (Phi) is 4.13. The molecular formula is C16H24N2O2. The summed E-state index contributed by atoms with van der Waals surface area (Å²) < 4.78 is 5.24. The van der Waals surface area contributed by atoms with E-state index in [-0.39, 0.29) is 0 Å². The van der Waals surface area contributed by atoms with Crippen LogP contribution in [0.3, 0.4) is 0 Å². The van der Waals surface area contributed by atoms with Crippen LogP contribution in [-0.4, -0.2) is 54.2 Å². The van der Waals surface area contributed by atoms with Crippen LogP contribution in [0.1, 0.15) is 24.8 Å². The molecule has 0 radical (unpaired) electrons. The zero-order valence-electron chi connectivity index (χ0n) is 12.2. The molecule has 110 valence electrons. The first-order chi connectivity index (χ1) is 9.76. The van der Waals surface area contributed by atoms with Gasteiger partial charge in [0.15, 0.2) is 0 Å². The van der Waals surface area contributed by atoms with Gasteiger partial charge in [-0.15, -0.1) is 0 Å². The Morgan fingerprint density at radius 1 is 1.25 bits per heavy atom. The summed E-state index contributed by atoms with van der Waals surface area (Å²) in [6.07, 6.45) is 3.96. The molecule has 0 amide bonds. The second kappa shape index (κ2) is 6.02. The third-order valence-corrected chi connectivity index (χ3v) is 4.59. The van der Waals surface area contributed by atoms with E-state index < -0.39 is 0 Å². The number of methoxy groups -OCH3 is 1. The molecular weight excluding hydrogens is 252 g/mol. The Morgan fingerprint density at radius 3 is 2.80 bits per heavy atom. The molecule has 4 heteroatoms.